The summed E-state index contributed by atoms with van der Waals surface area (Å²) in [6.45, 7) is 3.18. The maximum absolute atomic E-state index is 11.9. The van der Waals surface area contributed by atoms with Gasteiger partial charge in [-0.1, -0.05) is 36.4 Å². The van der Waals surface area contributed by atoms with Crippen molar-refractivity contribution in [3.63, 3.8) is 0 Å². The molecule has 2 rings (SSSR count). The number of carbonyl (C=O) groups excluding carboxylic acids is 1. The Morgan fingerprint density at radius 1 is 1.10 bits per heavy atom. The number of amides is 2. The van der Waals surface area contributed by atoms with Crippen LogP contribution in [0.1, 0.15) is 13.8 Å². The van der Waals surface area contributed by atoms with Crippen molar-refractivity contribution in [1.82, 2.24) is 5.32 Å². The second-order valence-corrected chi connectivity index (χ2v) is 5.52. The van der Waals surface area contributed by atoms with Crippen LogP contribution in [-0.4, -0.2) is 23.7 Å². The summed E-state index contributed by atoms with van der Waals surface area (Å²) in [7, 11) is 0. The van der Waals surface area contributed by atoms with E-state index in [1.165, 1.54) is 0 Å². The summed E-state index contributed by atoms with van der Waals surface area (Å²) >= 11 is 0. The van der Waals surface area contributed by atoms with E-state index in [0.717, 1.165) is 10.8 Å². The second-order valence-electron chi connectivity index (χ2n) is 5.52. The van der Waals surface area contributed by atoms with Gasteiger partial charge in [-0.15, -0.1) is 0 Å². The summed E-state index contributed by atoms with van der Waals surface area (Å²) in [5.74, 6) is -0.951. The van der Waals surface area contributed by atoms with Crippen LogP contribution in [0.4, 0.5) is 10.5 Å². The lowest BCUT2D eigenvalue weighted by Crippen LogP contribution is -2.40. The summed E-state index contributed by atoms with van der Waals surface area (Å²) < 4.78 is 0. The minimum atomic E-state index is -1.00. The molecule has 0 fully saturated rings. The zero-order valence-electron chi connectivity index (χ0n) is 12.0. The maximum atomic E-state index is 11.9. The van der Waals surface area contributed by atoms with Crippen molar-refractivity contribution in [2.24, 2.45) is 5.41 Å². The smallest absolute Gasteiger partial charge is 0.319 e. The van der Waals surface area contributed by atoms with Gasteiger partial charge in [0.1, 0.15) is 0 Å². The van der Waals surface area contributed by atoms with Crippen LogP contribution in [-0.2, 0) is 4.79 Å². The number of carboxylic acid groups (broad SMARTS) is 1. The molecule has 0 atom stereocenters. The molecule has 21 heavy (non-hydrogen) atoms. The SMILES string of the molecule is CC(C)(CNC(=O)Nc1cccc2ccccc12)C(=O)O. The molecular weight excluding hydrogens is 268 g/mol. The number of fused-ring (bicyclic) bond motifs is 1. The van der Waals surface area contributed by atoms with E-state index in [1.807, 2.05) is 42.5 Å². The van der Waals surface area contributed by atoms with E-state index >= 15 is 0 Å². The quantitative estimate of drug-likeness (QED) is 0.808. The number of anilines is 1. The van der Waals surface area contributed by atoms with Crippen LogP contribution in [0.5, 0.6) is 0 Å². The van der Waals surface area contributed by atoms with Crippen molar-refractivity contribution in [3.8, 4) is 0 Å². The van der Waals surface area contributed by atoms with Gasteiger partial charge in [-0.05, 0) is 25.3 Å². The highest BCUT2D eigenvalue weighted by Gasteiger charge is 2.27. The Hall–Kier alpha value is -2.56. The Balaban J connectivity index is 2.07. The van der Waals surface area contributed by atoms with Crippen LogP contribution in [0.25, 0.3) is 10.8 Å². The average Bonchev–Trinajstić information content (AvgIpc) is 2.45. The van der Waals surface area contributed by atoms with Crippen molar-refractivity contribution in [1.29, 1.82) is 0 Å². The number of carbonyl (C=O) groups is 2. The number of urea groups is 1. The molecule has 0 saturated heterocycles. The molecule has 3 N–H and O–H groups in total. The number of nitrogens with one attached hydrogen (secondary N) is 2. The molecule has 0 aliphatic rings. The van der Waals surface area contributed by atoms with E-state index in [2.05, 4.69) is 10.6 Å². The number of benzene rings is 2. The molecule has 110 valence electrons. The van der Waals surface area contributed by atoms with Crippen LogP contribution in [0.2, 0.25) is 0 Å². The minimum absolute atomic E-state index is 0.0545. The Morgan fingerprint density at radius 2 is 1.76 bits per heavy atom. The van der Waals surface area contributed by atoms with Crippen LogP contribution >= 0.6 is 0 Å². The Bertz CT molecular complexity index is 675. The molecule has 0 bridgehead atoms. The van der Waals surface area contributed by atoms with E-state index in [1.54, 1.807) is 13.8 Å². The predicted octanol–water partition coefficient (Wildman–Crippen LogP) is 3.07. The standard InChI is InChI=1S/C16H18N2O3/c1-16(2,14(19)20)10-17-15(21)18-13-9-5-7-11-6-3-4-8-12(11)13/h3-9H,10H2,1-2H3,(H,19,20)(H2,17,18,21). The average molecular weight is 286 g/mol. The van der Waals surface area contributed by atoms with Crippen LogP contribution < -0.4 is 10.6 Å². The molecule has 2 amide bonds. The first-order valence-electron chi connectivity index (χ1n) is 6.66. The van der Waals surface area contributed by atoms with Crippen molar-refractivity contribution >= 4 is 28.5 Å². The lowest BCUT2D eigenvalue weighted by atomic mass is 9.94. The largest absolute Gasteiger partial charge is 0.481 e. The van der Waals surface area contributed by atoms with Gasteiger partial charge in [-0.3, -0.25) is 4.79 Å². The molecule has 0 aliphatic carbocycles. The second kappa shape index (κ2) is 5.83. The highest BCUT2D eigenvalue weighted by Crippen LogP contribution is 2.22. The molecule has 0 spiro atoms. The normalized spacial score (nSPS) is 11.1. The van der Waals surface area contributed by atoms with Crippen LogP contribution in [0.3, 0.4) is 0 Å². The van der Waals surface area contributed by atoms with Crippen molar-refractivity contribution in [2.75, 3.05) is 11.9 Å². The van der Waals surface area contributed by atoms with Crippen LogP contribution in [0, 0.1) is 5.41 Å². The van der Waals surface area contributed by atoms with Gasteiger partial charge >= 0.3 is 12.0 Å². The van der Waals surface area contributed by atoms with Gasteiger partial charge in [0.05, 0.1) is 11.1 Å². The fraction of sp³-hybridized carbons (Fsp3) is 0.250. The third-order valence-corrected chi connectivity index (χ3v) is 3.31. The molecule has 0 saturated carbocycles. The van der Waals surface area contributed by atoms with Gasteiger partial charge in [0, 0.05) is 11.9 Å². The molecule has 5 heteroatoms. The molecular formula is C16H18N2O3. The molecule has 2 aromatic rings. The van der Waals surface area contributed by atoms with E-state index in [4.69, 9.17) is 5.11 Å². The van der Waals surface area contributed by atoms with Gasteiger partial charge in [0.25, 0.3) is 0 Å². The van der Waals surface area contributed by atoms with E-state index in [9.17, 15) is 9.59 Å². The lowest BCUT2D eigenvalue weighted by molar-refractivity contribution is -0.146. The molecule has 0 aliphatic heterocycles. The predicted molar refractivity (Wildman–Crippen MR) is 82.4 cm³/mol. The molecule has 5 nitrogen and oxygen atoms in total. The van der Waals surface area contributed by atoms with Crippen LogP contribution in [0.15, 0.2) is 42.5 Å². The highest BCUT2D eigenvalue weighted by atomic mass is 16.4. The third-order valence-electron chi connectivity index (χ3n) is 3.31. The van der Waals surface area contributed by atoms with Gasteiger partial charge in [-0.2, -0.15) is 0 Å². The summed E-state index contributed by atoms with van der Waals surface area (Å²) in [6.07, 6.45) is 0. The first kappa shape index (κ1) is 14.8. The molecule has 0 aromatic heterocycles. The topological polar surface area (TPSA) is 78.4 Å². The van der Waals surface area contributed by atoms with E-state index in [0.29, 0.717) is 5.69 Å². The molecule has 0 heterocycles. The monoisotopic (exact) mass is 286 g/mol. The lowest BCUT2D eigenvalue weighted by Gasteiger charge is -2.19. The van der Waals surface area contributed by atoms with Gasteiger partial charge < -0.3 is 15.7 Å². The summed E-state index contributed by atoms with van der Waals surface area (Å²) in [4.78, 5) is 22.9. The first-order chi connectivity index (χ1) is 9.90. The van der Waals surface area contributed by atoms with E-state index in [-0.39, 0.29) is 6.54 Å². The Kier molecular flexibility index (Phi) is 4.12. The van der Waals surface area contributed by atoms with Gasteiger partial charge in [0.2, 0.25) is 0 Å². The van der Waals surface area contributed by atoms with Crippen molar-refractivity contribution in [2.45, 2.75) is 13.8 Å². The Labute approximate surface area is 123 Å². The number of hydrogen-bond acceptors (Lipinski definition) is 2. The van der Waals surface area contributed by atoms with Crippen molar-refractivity contribution < 1.29 is 14.7 Å². The number of carboxylic acids is 1. The van der Waals surface area contributed by atoms with Crippen molar-refractivity contribution in [3.05, 3.63) is 42.5 Å². The molecule has 2 aromatic carbocycles. The third kappa shape index (κ3) is 3.51. The fourth-order valence-corrected chi connectivity index (χ4v) is 1.88. The van der Waals surface area contributed by atoms with E-state index < -0.39 is 17.4 Å². The zero-order chi connectivity index (χ0) is 15.5. The first-order valence-corrected chi connectivity index (χ1v) is 6.66. The summed E-state index contributed by atoms with van der Waals surface area (Å²) in [5.41, 5.74) is -0.311. The number of rotatable bonds is 4. The highest BCUT2D eigenvalue weighted by molar-refractivity contribution is 6.01. The zero-order valence-corrected chi connectivity index (χ0v) is 12.0. The summed E-state index contributed by atoms with van der Waals surface area (Å²) in [5, 5.41) is 16.3. The Morgan fingerprint density at radius 3 is 2.48 bits per heavy atom. The maximum Gasteiger partial charge on any atom is 0.319 e. The van der Waals surface area contributed by atoms with Gasteiger partial charge in [0.15, 0.2) is 0 Å². The molecule has 0 unspecified atom stereocenters. The van der Waals surface area contributed by atoms with Gasteiger partial charge in [-0.25, -0.2) is 4.79 Å². The molecule has 0 radical (unpaired) electrons. The summed E-state index contributed by atoms with van der Waals surface area (Å²) in [6, 6.07) is 12.9. The fourth-order valence-electron chi connectivity index (χ4n) is 1.88. The minimum Gasteiger partial charge on any atom is -0.481 e. The number of hydrogen-bond donors (Lipinski definition) is 3. The number of aliphatic carboxylic acids is 1.